The summed E-state index contributed by atoms with van der Waals surface area (Å²) in [4.78, 5) is 22.7. The number of aliphatic carboxylic acids is 1. The number of carboxylic acids is 1. The van der Waals surface area contributed by atoms with Crippen LogP contribution in [-0.2, 0) is 21.4 Å². The number of hydrogen-bond acceptors (Lipinski definition) is 5. The average Bonchev–Trinajstić information content (AvgIpc) is 2.81. The van der Waals surface area contributed by atoms with E-state index in [0.29, 0.717) is 0 Å². The van der Waals surface area contributed by atoms with Gasteiger partial charge >= 0.3 is 5.97 Å². The molecule has 0 saturated heterocycles. The summed E-state index contributed by atoms with van der Waals surface area (Å²) in [5.74, 6) is -1.32. The molecule has 0 bridgehead atoms. The molecule has 0 aromatic carbocycles. The smallest absolute Gasteiger partial charge is 0.310 e. The minimum atomic E-state index is -3.35. The van der Waals surface area contributed by atoms with Crippen LogP contribution in [-0.4, -0.2) is 38.2 Å². The Bertz CT molecular complexity index is 632. The zero-order valence-corrected chi connectivity index (χ0v) is 12.8. The lowest BCUT2D eigenvalue weighted by atomic mass is 9.94. The second-order valence-electron chi connectivity index (χ2n) is 5.23. The molecule has 1 aromatic heterocycles. The Morgan fingerprint density at radius 2 is 1.95 bits per heavy atom. The Morgan fingerprint density at radius 1 is 1.33 bits per heavy atom. The first-order valence-corrected chi connectivity index (χ1v) is 7.95. The van der Waals surface area contributed by atoms with Crippen LogP contribution in [0.3, 0.4) is 0 Å². The van der Waals surface area contributed by atoms with Gasteiger partial charge in [-0.15, -0.1) is 0 Å². The molecule has 0 fully saturated rings. The molecule has 0 aliphatic heterocycles. The minimum Gasteiger partial charge on any atom is -0.481 e. The molecular formula is C12H18N2O6S. The highest BCUT2D eigenvalue weighted by Gasteiger charge is 2.28. The molecule has 1 rings (SSSR count). The Balaban J connectivity index is 2.60. The van der Waals surface area contributed by atoms with E-state index in [2.05, 4.69) is 10.0 Å². The normalized spacial score (nSPS) is 12.1. The number of sulfonamides is 1. The van der Waals surface area contributed by atoms with Gasteiger partial charge in [0, 0.05) is 6.54 Å². The zero-order chi connectivity index (χ0) is 16.3. The van der Waals surface area contributed by atoms with Gasteiger partial charge in [-0.25, -0.2) is 13.1 Å². The summed E-state index contributed by atoms with van der Waals surface area (Å²) in [6.07, 6.45) is 1.01. The molecule has 1 amide bonds. The van der Waals surface area contributed by atoms with Crippen LogP contribution in [0.2, 0.25) is 0 Å². The van der Waals surface area contributed by atoms with Crippen molar-refractivity contribution in [1.82, 2.24) is 10.0 Å². The molecule has 0 aliphatic carbocycles. The van der Waals surface area contributed by atoms with Gasteiger partial charge in [-0.2, -0.15) is 0 Å². The van der Waals surface area contributed by atoms with E-state index in [1.54, 1.807) is 0 Å². The standard InChI is InChI=1S/C12H18N2O6S/c1-12(2,11(16)17)7-13-10(15)9-5-4-8(20-9)6-14-21(3,18)19/h4-5,14H,6-7H2,1-3H3,(H,13,15)(H,16,17). The number of rotatable bonds is 7. The molecule has 1 heterocycles. The molecule has 9 heteroatoms. The maximum absolute atomic E-state index is 11.8. The molecular weight excluding hydrogens is 300 g/mol. The highest BCUT2D eigenvalue weighted by Crippen LogP contribution is 2.14. The number of carboxylic acid groups (broad SMARTS) is 1. The summed E-state index contributed by atoms with van der Waals surface area (Å²) in [5.41, 5.74) is -1.09. The van der Waals surface area contributed by atoms with E-state index in [1.165, 1.54) is 26.0 Å². The van der Waals surface area contributed by atoms with Crippen molar-refractivity contribution in [2.75, 3.05) is 12.8 Å². The Morgan fingerprint density at radius 3 is 2.48 bits per heavy atom. The van der Waals surface area contributed by atoms with Crippen LogP contribution in [0.1, 0.15) is 30.2 Å². The Hall–Kier alpha value is -1.87. The van der Waals surface area contributed by atoms with Gasteiger partial charge in [0.2, 0.25) is 10.0 Å². The quantitative estimate of drug-likeness (QED) is 0.658. The van der Waals surface area contributed by atoms with Crippen LogP contribution in [0.4, 0.5) is 0 Å². The summed E-state index contributed by atoms with van der Waals surface area (Å²) in [5, 5.41) is 11.4. The van der Waals surface area contributed by atoms with Crippen molar-refractivity contribution in [3.63, 3.8) is 0 Å². The highest BCUT2D eigenvalue weighted by molar-refractivity contribution is 7.88. The van der Waals surface area contributed by atoms with E-state index in [0.717, 1.165) is 6.26 Å². The average molecular weight is 318 g/mol. The first kappa shape index (κ1) is 17.2. The van der Waals surface area contributed by atoms with E-state index in [4.69, 9.17) is 9.52 Å². The van der Waals surface area contributed by atoms with Gasteiger partial charge in [0.25, 0.3) is 5.91 Å². The molecule has 0 unspecified atom stereocenters. The van der Waals surface area contributed by atoms with Crippen molar-refractivity contribution < 1.29 is 27.5 Å². The molecule has 0 spiro atoms. The maximum Gasteiger partial charge on any atom is 0.310 e. The number of carbonyl (C=O) groups is 2. The molecule has 0 saturated carbocycles. The third-order valence-electron chi connectivity index (χ3n) is 2.66. The van der Waals surface area contributed by atoms with Gasteiger partial charge < -0.3 is 14.8 Å². The number of carbonyl (C=O) groups excluding carboxylic acids is 1. The van der Waals surface area contributed by atoms with Crippen molar-refractivity contribution in [3.8, 4) is 0 Å². The van der Waals surface area contributed by atoms with Gasteiger partial charge in [-0.1, -0.05) is 0 Å². The SMILES string of the molecule is CC(C)(CNC(=O)c1ccc(CNS(C)(=O)=O)o1)C(=O)O. The van der Waals surface area contributed by atoms with Gasteiger partial charge in [0.1, 0.15) is 5.76 Å². The maximum atomic E-state index is 11.8. The molecule has 8 nitrogen and oxygen atoms in total. The van der Waals surface area contributed by atoms with Crippen molar-refractivity contribution in [2.45, 2.75) is 20.4 Å². The number of furan rings is 1. The second kappa shape index (κ2) is 6.27. The van der Waals surface area contributed by atoms with Crippen molar-refractivity contribution in [1.29, 1.82) is 0 Å². The molecule has 0 atom stereocenters. The van der Waals surface area contributed by atoms with Crippen LogP contribution >= 0.6 is 0 Å². The van der Waals surface area contributed by atoms with Crippen LogP contribution in [0.15, 0.2) is 16.5 Å². The Kier molecular flexibility index (Phi) is 5.13. The lowest BCUT2D eigenvalue weighted by Crippen LogP contribution is -2.38. The molecule has 0 aliphatic rings. The fraction of sp³-hybridized carbons (Fsp3) is 0.500. The van der Waals surface area contributed by atoms with Crippen LogP contribution in [0, 0.1) is 5.41 Å². The van der Waals surface area contributed by atoms with Crippen molar-refractivity contribution >= 4 is 21.9 Å². The molecule has 21 heavy (non-hydrogen) atoms. The van der Waals surface area contributed by atoms with E-state index in [9.17, 15) is 18.0 Å². The van der Waals surface area contributed by atoms with Gasteiger partial charge in [-0.3, -0.25) is 9.59 Å². The fourth-order valence-electron chi connectivity index (χ4n) is 1.26. The van der Waals surface area contributed by atoms with E-state index >= 15 is 0 Å². The predicted octanol–water partition coefficient (Wildman–Crippen LogP) is 0.169. The summed E-state index contributed by atoms with van der Waals surface area (Å²) >= 11 is 0. The van der Waals surface area contributed by atoms with Gasteiger partial charge in [-0.05, 0) is 26.0 Å². The van der Waals surface area contributed by atoms with Crippen molar-refractivity contribution in [3.05, 3.63) is 23.7 Å². The van der Waals surface area contributed by atoms with E-state index in [1.807, 2.05) is 0 Å². The summed E-state index contributed by atoms with van der Waals surface area (Å²) < 4.78 is 29.3. The van der Waals surface area contributed by atoms with Crippen molar-refractivity contribution in [2.24, 2.45) is 5.41 Å². The molecule has 118 valence electrons. The predicted molar refractivity (Wildman–Crippen MR) is 74.1 cm³/mol. The van der Waals surface area contributed by atoms with Gasteiger partial charge in [0.05, 0.1) is 18.2 Å². The van der Waals surface area contributed by atoms with Crippen LogP contribution in [0.5, 0.6) is 0 Å². The minimum absolute atomic E-state index is 0.0125. The van der Waals surface area contributed by atoms with Crippen LogP contribution in [0.25, 0.3) is 0 Å². The zero-order valence-electron chi connectivity index (χ0n) is 12.0. The van der Waals surface area contributed by atoms with E-state index in [-0.39, 0.29) is 24.6 Å². The first-order chi connectivity index (χ1) is 9.51. The lowest BCUT2D eigenvalue weighted by Gasteiger charge is -2.18. The van der Waals surface area contributed by atoms with Gasteiger partial charge in [0.15, 0.2) is 5.76 Å². The molecule has 3 N–H and O–H groups in total. The van der Waals surface area contributed by atoms with Crippen LogP contribution < -0.4 is 10.0 Å². The third-order valence-corrected chi connectivity index (χ3v) is 3.33. The highest BCUT2D eigenvalue weighted by atomic mass is 32.2. The number of amides is 1. The topological polar surface area (TPSA) is 126 Å². The third kappa shape index (κ3) is 5.56. The van der Waals surface area contributed by atoms with E-state index < -0.39 is 27.3 Å². The monoisotopic (exact) mass is 318 g/mol. The summed E-state index contributed by atoms with van der Waals surface area (Å²) in [7, 11) is -3.35. The number of nitrogens with one attached hydrogen (secondary N) is 2. The summed E-state index contributed by atoms with van der Waals surface area (Å²) in [6, 6.07) is 2.86. The molecule has 0 radical (unpaired) electrons. The number of hydrogen-bond donors (Lipinski definition) is 3. The fourth-order valence-corrected chi connectivity index (χ4v) is 1.67. The lowest BCUT2D eigenvalue weighted by molar-refractivity contribution is -0.146. The summed E-state index contributed by atoms with van der Waals surface area (Å²) in [6.45, 7) is 2.85. The first-order valence-electron chi connectivity index (χ1n) is 6.06. The largest absolute Gasteiger partial charge is 0.481 e. The Labute approximate surface area is 122 Å². The molecule has 1 aromatic rings. The second-order valence-corrected chi connectivity index (χ2v) is 7.06.